The van der Waals surface area contributed by atoms with Crippen molar-refractivity contribution in [2.75, 3.05) is 6.61 Å². The van der Waals surface area contributed by atoms with Crippen molar-refractivity contribution in [1.29, 1.82) is 0 Å². The third-order valence-electron chi connectivity index (χ3n) is 1.29. The van der Waals surface area contributed by atoms with Gasteiger partial charge in [0.05, 0.1) is 12.8 Å². The Bertz CT molecular complexity index is 252. The summed E-state index contributed by atoms with van der Waals surface area (Å²) in [6, 6.07) is 0. The number of aliphatic carboxylic acids is 3. The number of rotatable bonds is 5. The van der Waals surface area contributed by atoms with Crippen LogP contribution >= 0.6 is 0 Å². The quantitative estimate of drug-likeness (QED) is 0.325. The summed E-state index contributed by atoms with van der Waals surface area (Å²) >= 11 is 0. The molecule has 0 atom stereocenters. The number of aliphatic hydroxyl groups excluding tert-OH is 1. The Morgan fingerprint density at radius 3 is 1.28 bits per heavy atom. The van der Waals surface area contributed by atoms with E-state index in [4.69, 9.17) is 25.5 Å². The summed E-state index contributed by atoms with van der Waals surface area (Å²) in [6.45, 7) is 1.93. The Labute approximate surface area is 103 Å². The van der Waals surface area contributed by atoms with Crippen molar-refractivity contribution in [1.82, 2.24) is 12.3 Å². The normalized spacial score (nSPS) is 8.83. The average molecular weight is 272 g/mol. The first-order valence-electron chi connectivity index (χ1n) is 4.19. The van der Waals surface area contributed by atoms with Gasteiger partial charge < -0.3 is 37.8 Å². The molecule has 0 radical (unpaired) electrons. The second-order valence-corrected chi connectivity index (χ2v) is 2.79. The molecule has 0 rings (SSSR count). The molecule has 18 heavy (non-hydrogen) atoms. The zero-order valence-electron chi connectivity index (χ0n) is 10.00. The minimum atomic E-state index is -2.74. The molecule has 0 saturated heterocycles. The van der Waals surface area contributed by atoms with Crippen LogP contribution in [-0.4, -0.2) is 55.6 Å². The fraction of sp³-hybridized carbons (Fsp3) is 0.625. The summed E-state index contributed by atoms with van der Waals surface area (Å²) in [5.41, 5.74) is -2.74. The van der Waals surface area contributed by atoms with E-state index in [1.54, 1.807) is 6.92 Å². The highest BCUT2D eigenvalue weighted by atomic mass is 16.4. The third kappa shape index (κ3) is 12.3. The first-order valence-corrected chi connectivity index (χ1v) is 4.19. The standard InChI is InChI=1S/C6H8O7.C2H6O.2H3N/c7-3(8)1-6(13,5(11)12)2-4(9)10;1-2-3;;/h13H,1-2H2,(H,7,8)(H,9,10)(H,11,12);3H,2H2,1H3;2*1H3. The minimum Gasteiger partial charge on any atom is -0.481 e. The Hall–Kier alpha value is -1.75. The second-order valence-electron chi connectivity index (χ2n) is 2.79. The molecule has 0 aliphatic rings. The zero-order chi connectivity index (χ0) is 13.4. The number of hydrogen-bond acceptors (Lipinski definition) is 7. The first-order chi connectivity index (χ1) is 7.19. The Kier molecular flexibility index (Phi) is 16.4. The van der Waals surface area contributed by atoms with Crippen molar-refractivity contribution in [3.05, 3.63) is 0 Å². The van der Waals surface area contributed by atoms with E-state index in [-0.39, 0.29) is 18.9 Å². The molecule has 110 valence electrons. The number of aliphatic hydroxyl groups is 2. The molecule has 0 heterocycles. The number of carboxylic acids is 3. The molecule has 10 heteroatoms. The molecule has 0 unspecified atom stereocenters. The molecule has 0 aliphatic heterocycles. The fourth-order valence-electron chi connectivity index (χ4n) is 0.714. The van der Waals surface area contributed by atoms with Gasteiger partial charge in [-0.2, -0.15) is 0 Å². The van der Waals surface area contributed by atoms with Gasteiger partial charge in [0.1, 0.15) is 0 Å². The van der Waals surface area contributed by atoms with Crippen molar-refractivity contribution in [2.24, 2.45) is 0 Å². The monoisotopic (exact) mass is 272 g/mol. The lowest BCUT2D eigenvalue weighted by atomic mass is 9.96. The largest absolute Gasteiger partial charge is 0.481 e. The maximum atomic E-state index is 10.3. The third-order valence-corrected chi connectivity index (χ3v) is 1.29. The van der Waals surface area contributed by atoms with Crippen molar-refractivity contribution >= 4 is 17.9 Å². The second kappa shape index (κ2) is 11.7. The molecule has 10 nitrogen and oxygen atoms in total. The van der Waals surface area contributed by atoms with Crippen LogP contribution in [0.5, 0.6) is 0 Å². The Morgan fingerprint density at radius 2 is 1.17 bits per heavy atom. The molecule has 0 amide bonds. The van der Waals surface area contributed by atoms with Crippen LogP contribution in [0.15, 0.2) is 0 Å². The van der Waals surface area contributed by atoms with E-state index in [0.717, 1.165) is 0 Å². The van der Waals surface area contributed by atoms with Crippen LogP contribution in [0, 0.1) is 0 Å². The van der Waals surface area contributed by atoms with E-state index in [0.29, 0.717) is 0 Å². The van der Waals surface area contributed by atoms with Crippen molar-refractivity contribution in [2.45, 2.75) is 25.4 Å². The molecular weight excluding hydrogens is 252 g/mol. The topological polar surface area (TPSA) is 222 Å². The molecule has 11 N–H and O–H groups in total. The summed E-state index contributed by atoms with van der Waals surface area (Å²) < 4.78 is 0. The van der Waals surface area contributed by atoms with Gasteiger partial charge in [-0.3, -0.25) is 9.59 Å². The zero-order valence-corrected chi connectivity index (χ0v) is 10.00. The maximum absolute atomic E-state index is 10.3. The van der Waals surface area contributed by atoms with E-state index in [2.05, 4.69) is 0 Å². The van der Waals surface area contributed by atoms with Crippen molar-refractivity contribution in [3.63, 3.8) is 0 Å². The lowest BCUT2D eigenvalue weighted by molar-refractivity contribution is -0.170. The van der Waals surface area contributed by atoms with Crippen LogP contribution in [0.3, 0.4) is 0 Å². The molecular formula is C8H20N2O8. The number of carbonyl (C=O) groups is 3. The SMILES string of the molecule is CCO.N.N.O=C(O)CC(O)(CC(=O)O)C(=O)O. The smallest absolute Gasteiger partial charge is 0.336 e. The highest BCUT2D eigenvalue weighted by Crippen LogP contribution is 2.15. The van der Waals surface area contributed by atoms with Crippen molar-refractivity contribution < 1.29 is 39.9 Å². The van der Waals surface area contributed by atoms with E-state index in [1.165, 1.54) is 0 Å². The van der Waals surface area contributed by atoms with Crippen LogP contribution < -0.4 is 12.3 Å². The highest BCUT2D eigenvalue weighted by Gasteiger charge is 2.40. The van der Waals surface area contributed by atoms with Crippen LogP contribution in [0.25, 0.3) is 0 Å². The summed E-state index contributed by atoms with van der Waals surface area (Å²) in [6.07, 6.45) is -2.29. The Balaban J connectivity index is -0.000000177. The molecule has 0 aromatic carbocycles. The summed E-state index contributed by atoms with van der Waals surface area (Å²) in [7, 11) is 0. The average Bonchev–Trinajstić information content (AvgIpc) is 2.01. The number of carboxylic acid groups (broad SMARTS) is 3. The van der Waals surface area contributed by atoms with E-state index < -0.39 is 36.4 Å². The predicted molar refractivity (Wildman–Crippen MR) is 59.9 cm³/mol. The van der Waals surface area contributed by atoms with Gasteiger partial charge in [-0.15, -0.1) is 0 Å². The van der Waals surface area contributed by atoms with Gasteiger partial charge in [0.2, 0.25) is 0 Å². The molecule has 0 fully saturated rings. The molecule has 0 bridgehead atoms. The molecule has 0 saturated carbocycles. The van der Waals surface area contributed by atoms with Crippen LogP contribution in [-0.2, 0) is 14.4 Å². The van der Waals surface area contributed by atoms with Gasteiger partial charge in [0.15, 0.2) is 5.60 Å². The van der Waals surface area contributed by atoms with Gasteiger partial charge in [-0.05, 0) is 6.92 Å². The van der Waals surface area contributed by atoms with Crippen LogP contribution in [0.1, 0.15) is 19.8 Å². The fourth-order valence-corrected chi connectivity index (χ4v) is 0.714. The van der Waals surface area contributed by atoms with E-state index in [1.807, 2.05) is 0 Å². The summed E-state index contributed by atoms with van der Waals surface area (Å²) in [5, 5.41) is 41.4. The summed E-state index contributed by atoms with van der Waals surface area (Å²) in [5.74, 6) is -5.02. The lowest BCUT2D eigenvalue weighted by Gasteiger charge is -2.18. The predicted octanol–water partition coefficient (Wildman–Crippen LogP) is -0.926. The van der Waals surface area contributed by atoms with E-state index >= 15 is 0 Å². The summed E-state index contributed by atoms with van der Waals surface area (Å²) in [4.78, 5) is 30.5. The van der Waals surface area contributed by atoms with Gasteiger partial charge in [-0.1, -0.05) is 0 Å². The van der Waals surface area contributed by atoms with Gasteiger partial charge in [-0.25, -0.2) is 4.79 Å². The van der Waals surface area contributed by atoms with Crippen molar-refractivity contribution in [3.8, 4) is 0 Å². The molecule has 0 aliphatic carbocycles. The molecule has 0 aromatic heterocycles. The van der Waals surface area contributed by atoms with Crippen LogP contribution in [0.2, 0.25) is 0 Å². The molecule has 0 aromatic rings. The lowest BCUT2D eigenvalue weighted by Crippen LogP contribution is -2.42. The highest BCUT2D eigenvalue weighted by molar-refractivity contribution is 5.88. The number of hydrogen-bond donors (Lipinski definition) is 7. The van der Waals surface area contributed by atoms with Gasteiger partial charge >= 0.3 is 17.9 Å². The van der Waals surface area contributed by atoms with Gasteiger partial charge in [0, 0.05) is 6.61 Å². The Morgan fingerprint density at radius 1 is 0.944 bits per heavy atom. The van der Waals surface area contributed by atoms with Gasteiger partial charge in [0.25, 0.3) is 0 Å². The molecule has 0 spiro atoms. The first kappa shape index (κ1) is 25.2. The maximum Gasteiger partial charge on any atom is 0.336 e. The minimum absolute atomic E-state index is 0. The van der Waals surface area contributed by atoms with Crippen LogP contribution in [0.4, 0.5) is 0 Å². The van der Waals surface area contributed by atoms with E-state index in [9.17, 15) is 14.4 Å².